The molecule has 0 radical (unpaired) electrons. The quantitative estimate of drug-likeness (QED) is 0.745. The molecule has 0 aliphatic carbocycles. The van der Waals surface area contributed by atoms with Crippen LogP contribution in [0.25, 0.3) is 0 Å². The van der Waals surface area contributed by atoms with Crippen molar-refractivity contribution in [2.45, 2.75) is 32.9 Å². The molecule has 0 aromatic heterocycles. The maximum Gasteiger partial charge on any atom is 0.234 e. The summed E-state index contributed by atoms with van der Waals surface area (Å²) in [6, 6.07) is 16.8. The fraction of sp³-hybridized carbons (Fsp3) is 0.458. The Morgan fingerprint density at radius 3 is 2.14 bits per heavy atom. The average molecular weight is 396 g/mol. The Balaban J connectivity index is 1.40. The van der Waals surface area contributed by atoms with Crippen molar-refractivity contribution in [2.75, 3.05) is 39.8 Å². The van der Waals surface area contributed by atoms with Gasteiger partial charge >= 0.3 is 0 Å². The zero-order chi connectivity index (χ0) is 20.6. The minimum Gasteiger partial charge on any atom is -0.497 e. The molecule has 5 nitrogen and oxygen atoms in total. The number of ether oxygens (including phenoxy) is 1. The number of piperazine rings is 1. The molecule has 1 saturated heterocycles. The van der Waals surface area contributed by atoms with Crippen molar-refractivity contribution >= 4 is 5.91 Å². The van der Waals surface area contributed by atoms with Gasteiger partial charge in [0.1, 0.15) is 5.75 Å². The van der Waals surface area contributed by atoms with Crippen molar-refractivity contribution < 1.29 is 9.53 Å². The summed E-state index contributed by atoms with van der Waals surface area (Å²) >= 11 is 0. The van der Waals surface area contributed by atoms with Gasteiger partial charge in [-0.25, -0.2) is 0 Å². The minimum absolute atomic E-state index is 0.0322. The zero-order valence-electron chi connectivity index (χ0n) is 17.9. The Bertz CT molecular complexity index is 766. The van der Waals surface area contributed by atoms with Gasteiger partial charge in [-0.2, -0.15) is 0 Å². The van der Waals surface area contributed by atoms with Crippen LogP contribution in [0.5, 0.6) is 5.75 Å². The van der Waals surface area contributed by atoms with Crippen LogP contribution in [0.3, 0.4) is 0 Å². The molecule has 1 fully saturated rings. The summed E-state index contributed by atoms with van der Waals surface area (Å²) in [6.07, 6.45) is 1.03. The zero-order valence-corrected chi connectivity index (χ0v) is 17.9. The van der Waals surface area contributed by atoms with Gasteiger partial charge in [-0.15, -0.1) is 0 Å². The van der Waals surface area contributed by atoms with Gasteiger partial charge in [-0.05, 0) is 42.2 Å². The third-order valence-electron chi connectivity index (χ3n) is 5.66. The number of hydrogen-bond donors (Lipinski definition) is 1. The molecule has 156 valence electrons. The highest BCUT2D eigenvalue weighted by atomic mass is 16.5. The Kier molecular flexibility index (Phi) is 7.67. The molecule has 1 aliphatic heterocycles. The first-order valence-corrected chi connectivity index (χ1v) is 10.5. The lowest BCUT2D eigenvalue weighted by Crippen LogP contribution is -2.49. The van der Waals surface area contributed by atoms with E-state index in [0.717, 1.165) is 50.5 Å². The van der Waals surface area contributed by atoms with Crippen LogP contribution in [0.2, 0.25) is 0 Å². The first-order valence-electron chi connectivity index (χ1n) is 10.5. The van der Waals surface area contributed by atoms with E-state index in [2.05, 4.69) is 58.4 Å². The molecular weight excluding hydrogens is 362 g/mol. The number of amides is 1. The molecule has 1 N–H and O–H groups in total. The molecule has 1 atom stereocenters. The summed E-state index contributed by atoms with van der Waals surface area (Å²) in [5.74, 6) is 0.987. The van der Waals surface area contributed by atoms with Gasteiger partial charge in [0.2, 0.25) is 5.91 Å². The molecule has 0 unspecified atom stereocenters. The maximum absolute atomic E-state index is 12.5. The molecule has 2 aromatic rings. The molecule has 0 saturated carbocycles. The summed E-state index contributed by atoms with van der Waals surface area (Å²) in [6.45, 7) is 9.40. The second kappa shape index (κ2) is 10.4. The lowest BCUT2D eigenvalue weighted by atomic mass is 10.1. The molecule has 3 rings (SSSR count). The number of aryl methyl sites for hydroxylation is 1. The SMILES string of the molecule is CCc1ccc([C@@H](C)NC(=O)CN2CCN(Cc3ccc(OC)cc3)CC2)cc1. The second-order valence-electron chi connectivity index (χ2n) is 7.78. The Morgan fingerprint density at radius 2 is 1.55 bits per heavy atom. The van der Waals surface area contributed by atoms with Crippen molar-refractivity contribution in [1.29, 1.82) is 0 Å². The molecule has 1 heterocycles. The standard InChI is InChI=1S/C24H33N3O2/c1-4-20-5-9-22(10-6-20)19(2)25-24(28)18-27-15-13-26(14-16-27)17-21-7-11-23(29-3)12-8-21/h5-12,19H,4,13-18H2,1-3H3,(H,25,28)/t19-/m1/s1. The number of carbonyl (C=O) groups excluding carboxylic acids is 1. The highest BCUT2D eigenvalue weighted by Gasteiger charge is 2.20. The van der Waals surface area contributed by atoms with E-state index < -0.39 is 0 Å². The number of nitrogens with one attached hydrogen (secondary N) is 1. The summed E-state index contributed by atoms with van der Waals surface area (Å²) in [4.78, 5) is 17.2. The summed E-state index contributed by atoms with van der Waals surface area (Å²) in [5.41, 5.74) is 3.76. The van der Waals surface area contributed by atoms with Gasteiger partial charge in [0.05, 0.1) is 19.7 Å². The van der Waals surface area contributed by atoms with E-state index in [-0.39, 0.29) is 11.9 Å². The summed E-state index contributed by atoms with van der Waals surface area (Å²) in [5, 5.41) is 3.14. The van der Waals surface area contributed by atoms with Crippen LogP contribution in [0.4, 0.5) is 0 Å². The van der Waals surface area contributed by atoms with Gasteiger partial charge < -0.3 is 10.1 Å². The van der Waals surface area contributed by atoms with Crippen LogP contribution in [0.1, 0.15) is 36.6 Å². The predicted molar refractivity (Wildman–Crippen MR) is 117 cm³/mol. The first-order chi connectivity index (χ1) is 14.1. The van der Waals surface area contributed by atoms with E-state index in [9.17, 15) is 4.79 Å². The smallest absolute Gasteiger partial charge is 0.234 e. The Hall–Kier alpha value is -2.37. The Morgan fingerprint density at radius 1 is 0.966 bits per heavy atom. The number of hydrogen-bond acceptors (Lipinski definition) is 4. The normalized spacial score (nSPS) is 16.4. The van der Waals surface area contributed by atoms with Crippen LogP contribution in [-0.2, 0) is 17.8 Å². The lowest BCUT2D eigenvalue weighted by Gasteiger charge is -2.34. The second-order valence-corrected chi connectivity index (χ2v) is 7.78. The monoisotopic (exact) mass is 395 g/mol. The molecule has 1 aliphatic rings. The van der Waals surface area contributed by atoms with E-state index >= 15 is 0 Å². The van der Waals surface area contributed by atoms with Gasteiger partial charge in [0.25, 0.3) is 0 Å². The molecule has 5 heteroatoms. The minimum atomic E-state index is 0.0322. The molecule has 0 bridgehead atoms. The van der Waals surface area contributed by atoms with E-state index in [1.807, 2.05) is 19.1 Å². The van der Waals surface area contributed by atoms with Gasteiger partial charge in [0.15, 0.2) is 0 Å². The lowest BCUT2D eigenvalue weighted by molar-refractivity contribution is -0.123. The summed E-state index contributed by atoms with van der Waals surface area (Å²) < 4.78 is 5.22. The molecule has 1 amide bonds. The van der Waals surface area contributed by atoms with Gasteiger partial charge in [-0.1, -0.05) is 43.3 Å². The van der Waals surface area contributed by atoms with Crippen molar-refractivity contribution in [3.05, 3.63) is 65.2 Å². The third kappa shape index (κ3) is 6.31. The molecular formula is C24H33N3O2. The van der Waals surface area contributed by atoms with Crippen molar-refractivity contribution in [2.24, 2.45) is 0 Å². The van der Waals surface area contributed by atoms with Crippen LogP contribution < -0.4 is 10.1 Å². The number of rotatable bonds is 8. The Labute approximate surface area is 174 Å². The number of benzene rings is 2. The van der Waals surface area contributed by atoms with Crippen molar-refractivity contribution in [1.82, 2.24) is 15.1 Å². The highest BCUT2D eigenvalue weighted by molar-refractivity contribution is 5.78. The van der Waals surface area contributed by atoms with Crippen molar-refractivity contribution in [3.63, 3.8) is 0 Å². The van der Waals surface area contributed by atoms with Crippen LogP contribution in [0.15, 0.2) is 48.5 Å². The first kappa shape index (κ1) is 21.3. The molecule has 2 aromatic carbocycles. The third-order valence-corrected chi connectivity index (χ3v) is 5.66. The number of methoxy groups -OCH3 is 1. The van der Waals surface area contributed by atoms with E-state index in [1.54, 1.807) is 7.11 Å². The van der Waals surface area contributed by atoms with E-state index in [0.29, 0.717) is 6.54 Å². The molecule has 29 heavy (non-hydrogen) atoms. The average Bonchev–Trinajstić information content (AvgIpc) is 2.75. The van der Waals surface area contributed by atoms with Gasteiger partial charge in [0, 0.05) is 32.7 Å². The number of nitrogens with zero attached hydrogens (tertiary/aromatic N) is 2. The highest BCUT2D eigenvalue weighted by Crippen LogP contribution is 2.15. The molecule has 0 spiro atoms. The van der Waals surface area contributed by atoms with Crippen LogP contribution in [-0.4, -0.2) is 55.5 Å². The summed E-state index contributed by atoms with van der Waals surface area (Å²) in [7, 11) is 1.69. The fourth-order valence-electron chi connectivity index (χ4n) is 3.71. The van der Waals surface area contributed by atoms with Crippen LogP contribution in [0, 0.1) is 0 Å². The number of carbonyl (C=O) groups is 1. The largest absolute Gasteiger partial charge is 0.497 e. The maximum atomic E-state index is 12.5. The fourth-order valence-corrected chi connectivity index (χ4v) is 3.71. The van der Waals surface area contributed by atoms with Crippen molar-refractivity contribution in [3.8, 4) is 5.75 Å². The van der Waals surface area contributed by atoms with Gasteiger partial charge in [-0.3, -0.25) is 14.6 Å². The predicted octanol–water partition coefficient (Wildman–Crippen LogP) is 3.25. The van der Waals surface area contributed by atoms with E-state index in [1.165, 1.54) is 11.1 Å². The van der Waals surface area contributed by atoms with E-state index in [4.69, 9.17) is 4.74 Å². The topological polar surface area (TPSA) is 44.8 Å². The van der Waals surface area contributed by atoms with Crippen LogP contribution >= 0.6 is 0 Å².